The molecule has 0 radical (unpaired) electrons. The zero-order chi connectivity index (χ0) is 12.1. The molecule has 0 aliphatic heterocycles. The largest absolute Gasteiger partial charge is 0.468 e. The number of aromatic nitrogens is 1. The third-order valence-electron chi connectivity index (χ3n) is 2.60. The van der Waals surface area contributed by atoms with Crippen LogP contribution in [0, 0.1) is 0 Å². The first-order valence-electron chi connectivity index (χ1n) is 5.63. The van der Waals surface area contributed by atoms with Crippen molar-refractivity contribution in [2.24, 2.45) is 0 Å². The maximum Gasteiger partial charge on any atom is 0.129 e. The molecule has 4 heteroatoms. The highest BCUT2D eigenvalue weighted by molar-refractivity contribution is 6.29. The van der Waals surface area contributed by atoms with E-state index in [4.69, 9.17) is 16.0 Å². The fourth-order valence-electron chi connectivity index (χ4n) is 1.66. The van der Waals surface area contributed by atoms with Crippen LogP contribution in [0.1, 0.15) is 18.2 Å². The molecule has 90 valence electrons. The molecule has 0 aromatic carbocycles. The predicted octanol–water partition coefficient (Wildman–Crippen LogP) is 3.35. The quantitative estimate of drug-likeness (QED) is 0.762. The molecule has 0 bridgehead atoms. The smallest absolute Gasteiger partial charge is 0.129 e. The molecule has 0 saturated heterocycles. The molecule has 0 aliphatic carbocycles. The van der Waals surface area contributed by atoms with Crippen LogP contribution in [0.2, 0.25) is 5.15 Å². The second kappa shape index (κ2) is 5.84. The van der Waals surface area contributed by atoms with Crippen LogP contribution in [-0.4, -0.2) is 16.4 Å². The van der Waals surface area contributed by atoms with Crippen LogP contribution >= 0.6 is 11.6 Å². The van der Waals surface area contributed by atoms with Crippen LogP contribution in [0.3, 0.4) is 0 Å². The number of hydrogen-bond acceptors (Lipinski definition) is 3. The van der Waals surface area contributed by atoms with E-state index < -0.39 is 0 Å². The van der Waals surface area contributed by atoms with Gasteiger partial charge >= 0.3 is 0 Å². The van der Waals surface area contributed by atoms with E-state index in [2.05, 4.69) is 16.8 Å². The van der Waals surface area contributed by atoms with Gasteiger partial charge in [-0.15, -0.1) is 0 Å². The summed E-state index contributed by atoms with van der Waals surface area (Å²) in [7, 11) is 0. The van der Waals surface area contributed by atoms with Crippen molar-refractivity contribution in [3.63, 3.8) is 0 Å². The first-order valence-corrected chi connectivity index (χ1v) is 6.01. The molecule has 0 aliphatic rings. The van der Waals surface area contributed by atoms with Crippen molar-refractivity contribution in [2.75, 3.05) is 6.54 Å². The number of hydrogen-bond donors (Lipinski definition) is 0. The summed E-state index contributed by atoms with van der Waals surface area (Å²) in [6.07, 6.45) is 3.51. The highest BCUT2D eigenvalue weighted by Gasteiger charge is 2.06. The maximum absolute atomic E-state index is 5.76. The van der Waals surface area contributed by atoms with Gasteiger partial charge in [-0.25, -0.2) is 4.98 Å². The molecule has 2 heterocycles. The predicted molar refractivity (Wildman–Crippen MR) is 67.7 cm³/mol. The lowest BCUT2D eigenvalue weighted by molar-refractivity contribution is 0.247. The number of pyridine rings is 1. The fourth-order valence-corrected chi connectivity index (χ4v) is 1.77. The Morgan fingerprint density at radius 2 is 2.18 bits per heavy atom. The summed E-state index contributed by atoms with van der Waals surface area (Å²) >= 11 is 5.76. The molecule has 2 aromatic rings. The first-order chi connectivity index (χ1) is 8.28. The van der Waals surface area contributed by atoms with Crippen molar-refractivity contribution >= 4 is 11.6 Å². The van der Waals surface area contributed by atoms with Gasteiger partial charge in [-0.1, -0.05) is 24.6 Å². The van der Waals surface area contributed by atoms with Gasteiger partial charge in [0.2, 0.25) is 0 Å². The Kier molecular flexibility index (Phi) is 4.18. The average molecular weight is 251 g/mol. The highest BCUT2D eigenvalue weighted by atomic mass is 35.5. The molecule has 0 spiro atoms. The van der Waals surface area contributed by atoms with Gasteiger partial charge in [0.05, 0.1) is 12.8 Å². The maximum atomic E-state index is 5.76. The van der Waals surface area contributed by atoms with E-state index in [0.717, 1.165) is 31.0 Å². The van der Waals surface area contributed by atoms with Crippen LogP contribution in [0.5, 0.6) is 0 Å². The van der Waals surface area contributed by atoms with Gasteiger partial charge in [-0.2, -0.15) is 0 Å². The van der Waals surface area contributed by atoms with Gasteiger partial charge in [-0.3, -0.25) is 4.90 Å². The molecule has 2 aromatic heterocycles. The fraction of sp³-hybridized carbons (Fsp3) is 0.308. The molecule has 0 saturated carbocycles. The van der Waals surface area contributed by atoms with Crippen LogP contribution in [0.4, 0.5) is 0 Å². The van der Waals surface area contributed by atoms with Crippen molar-refractivity contribution in [3.05, 3.63) is 53.2 Å². The number of halogens is 1. The highest BCUT2D eigenvalue weighted by Crippen LogP contribution is 2.11. The van der Waals surface area contributed by atoms with E-state index in [-0.39, 0.29) is 0 Å². The lowest BCUT2D eigenvalue weighted by Gasteiger charge is -2.18. The number of nitrogens with zero attached hydrogens (tertiary/aromatic N) is 2. The number of furan rings is 1. The molecular weight excluding hydrogens is 236 g/mol. The Balaban J connectivity index is 1.97. The van der Waals surface area contributed by atoms with E-state index in [1.165, 1.54) is 0 Å². The van der Waals surface area contributed by atoms with E-state index in [1.807, 2.05) is 30.5 Å². The summed E-state index contributed by atoms with van der Waals surface area (Å²) in [5.74, 6) is 0.980. The van der Waals surface area contributed by atoms with Crippen molar-refractivity contribution in [1.82, 2.24) is 9.88 Å². The Labute approximate surface area is 106 Å². The van der Waals surface area contributed by atoms with Crippen LogP contribution in [-0.2, 0) is 13.1 Å². The standard InChI is InChI=1S/C13H15ClN2O/c1-2-16(10-12-4-3-7-17-12)9-11-5-6-13(14)15-8-11/h3-8H,2,9-10H2,1H3. The summed E-state index contributed by atoms with van der Waals surface area (Å²) in [6.45, 7) is 4.75. The van der Waals surface area contributed by atoms with Crippen molar-refractivity contribution in [3.8, 4) is 0 Å². The van der Waals surface area contributed by atoms with Gasteiger partial charge < -0.3 is 4.42 Å². The van der Waals surface area contributed by atoms with E-state index in [1.54, 1.807) is 6.26 Å². The summed E-state index contributed by atoms with van der Waals surface area (Å²) in [6, 6.07) is 7.72. The zero-order valence-corrected chi connectivity index (χ0v) is 10.5. The second-order valence-electron chi connectivity index (χ2n) is 3.87. The van der Waals surface area contributed by atoms with E-state index >= 15 is 0 Å². The lowest BCUT2D eigenvalue weighted by Crippen LogP contribution is -2.22. The monoisotopic (exact) mass is 250 g/mol. The van der Waals surface area contributed by atoms with Crippen molar-refractivity contribution in [1.29, 1.82) is 0 Å². The topological polar surface area (TPSA) is 29.3 Å². The summed E-state index contributed by atoms with van der Waals surface area (Å²) < 4.78 is 5.34. The van der Waals surface area contributed by atoms with Crippen molar-refractivity contribution in [2.45, 2.75) is 20.0 Å². The van der Waals surface area contributed by atoms with Crippen LogP contribution < -0.4 is 0 Å². The van der Waals surface area contributed by atoms with Gasteiger partial charge in [-0.05, 0) is 30.3 Å². The molecule has 0 atom stereocenters. The van der Waals surface area contributed by atoms with E-state index in [0.29, 0.717) is 5.15 Å². The third-order valence-corrected chi connectivity index (χ3v) is 2.83. The molecular formula is C13H15ClN2O. The zero-order valence-electron chi connectivity index (χ0n) is 9.77. The SMILES string of the molecule is CCN(Cc1ccc(Cl)nc1)Cc1ccco1. The molecule has 0 N–H and O–H groups in total. The van der Waals surface area contributed by atoms with Gasteiger partial charge in [0.1, 0.15) is 10.9 Å². The third kappa shape index (κ3) is 3.58. The van der Waals surface area contributed by atoms with Crippen LogP contribution in [0.15, 0.2) is 41.1 Å². The summed E-state index contributed by atoms with van der Waals surface area (Å²) in [5, 5.41) is 0.530. The van der Waals surface area contributed by atoms with E-state index in [9.17, 15) is 0 Å². The van der Waals surface area contributed by atoms with Crippen LogP contribution in [0.25, 0.3) is 0 Å². The Hall–Kier alpha value is -1.32. The average Bonchev–Trinajstić information content (AvgIpc) is 2.84. The second-order valence-corrected chi connectivity index (χ2v) is 4.26. The van der Waals surface area contributed by atoms with Gasteiger partial charge in [0.15, 0.2) is 0 Å². The Morgan fingerprint density at radius 3 is 2.76 bits per heavy atom. The van der Waals surface area contributed by atoms with Gasteiger partial charge in [0, 0.05) is 12.7 Å². The minimum atomic E-state index is 0.530. The number of rotatable bonds is 5. The minimum absolute atomic E-state index is 0.530. The van der Waals surface area contributed by atoms with Gasteiger partial charge in [0.25, 0.3) is 0 Å². The molecule has 0 fully saturated rings. The molecule has 0 amide bonds. The molecule has 3 nitrogen and oxygen atoms in total. The lowest BCUT2D eigenvalue weighted by atomic mass is 10.2. The summed E-state index contributed by atoms with van der Waals surface area (Å²) in [5.41, 5.74) is 1.16. The van der Waals surface area contributed by atoms with Crippen molar-refractivity contribution < 1.29 is 4.42 Å². The molecule has 17 heavy (non-hydrogen) atoms. The Morgan fingerprint density at radius 1 is 1.29 bits per heavy atom. The normalized spacial score (nSPS) is 11.0. The molecule has 2 rings (SSSR count). The summed E-state index contributed by atoms with van der Waals surface area (Å²) in [4.78, 5) is 6.36. The first kappa shape index (κ1) is 12.1. The Bertz CT molecular complexity index is 439. The minimum Gasteiger partial charge on any atom is -0.468 e. The molecule has 0 unspecified atom stereocenters.